The maximum absolute atomic E-state index is 12.0. The van der Waals surface area contributed by atoms with Crippen LogP contribution in [0.4, 0.5) is 5.69 Å². The van der Waals surface area contributed by atoms with E-state index in [4.69, 9.17) is 21.4 Å². The second-order valence-electron chi connectivity index (χ2n) is 4.72. The molecule has 2 rings (SSSR count). The summed E-state index contributed by atoms with van der Waals surface area (Å²) in [7, 11) is 1.36. The van der Waals surface area contributed by atoms with Crippen LogP contribution in [0.5, 0.6) is 11.5 Å². The molecule has 0 saturated heterocycles. The van der Waals surface area contributed by atoms with E-state index in [2.05, 4.69) is 5.32 Å². The summed E-state index contributed by atoms with van der Waals surface area (Å²) in [6.07, 6.45) is -0.0964. The number of hydrogen-bond acceptors (Lipinski definition) is 4. The fourth-order valence-corrected chi connectivity index (χ4v) is 2.22. The zero-order chi connectivity index (χ0) is 17.0. The van der Waals surface area contributed by atoms with Gasteiger partial charge < -0.3 is 20.3 Å². The molecule has 1 amide bonds. The highest BCUT2D eigenvalue weighted by molar-refractivity contribution is 6.30. The van der Waals surface area contributed by atoms with Gasteiger partial charge in [0.05, 0.1) is 13.5 Å². The number of methoxy groups -OCH3 is 1. The SMILES string of the molecule is COc1ccc(NC(=O)Cc2cc(Cl)ccc2O)cc1C(=O)O. The lowest BCUT2D eigenvalue weighted by Crippen LogP contribution is -2.15. The number of anilines is 1. The summed E-state index contributed by atoms with van der Waals surface area (Å²) in [4.78, 5) is 23.2. The maximum Gasteiger partial charge on any atom is 0.339 e. The molecule has 2 aromatic rings. The Morgan fingerprint density at radius 1 is 1.22 bits per heavy atom. The Morgan fingerprint density at radius 2 is 1.96 bits per heavy atom. The molecule has 0 aliphatic heterocycles. The highest BCUT2D eigenvalue weighted by Crippen LogP contribution is 2.24. The average Bonchev–Trinajstić information content (AvgIpc) is 2.50. The molecule has 3 N–H and O–H groups in total. The number of amides is 1. The predicted molar refractivity (Wildman–Crippen MR) is 85.4 cm³/mol. The van der Waals surface area contributed by atoms with Gasteiger partial charge in [0.25, 0.3) is 0 Å². The predicted octanol–water partition coefficient (Wildman–Crippen LogP) is 2.93. The van der Waals surface area contributed by atoms with Crippen molar-refractivity contribution in [2.45, 2.75) is 6.42 Å². The fourth-order valence-electron chi connectivity index (χ4n) is 2.03. The average molecular weight is 336 g/mol. The first-order valence-corrected chi connectivity index (χ1v) is 6.97. The van der Waals surface area contributed by atoms with Crippen LogP contribution in [0.3, 0.4) is 0 Å². The van der Waals surface area contributed by atoms with Crippen molar-refractivity contribution in [1.29, 1.82) is 0 Å². The molecule has 0 spiro atoms. The quantitative estimate of drug-likeness (QED) is 0.780. The van der Waals surface area contributed by atoms with Gasteiger partial charge in [0.15, 0.2) is 0 Å². The Hall–Kier alpha value is -2.73. The minimum Gasteiger partial charge on any atom is -0.508 e. The maximum atomic E-state index is 12.0. The number of rotatable bonds is 5. The van der Waals surface area contributed by atoms with Crippen molar-refractivity contribution in [2.75, 3.05) is 12.4 Å². The normalized spacial score (nSPS) is 10.2. The number of benzene rings is 2. The summed E-state index contributed by atoms with van der Waals surface area (Å²) >= 11 is 5.83. The summed E-state index contributed by atoms with van der Waals surface area (Å²) in [6, 6.07) is 8.70. The minimum absolute atomic E-state index is 0.0366. The number of nitrogens with one attached hydrogen (secondary N) is 1. The molecule has 0 aliphatic carbocycles. The summed E-state index contributed by atoms with van der Waals surface area (Å²) in [5, 5.41) is 21.8. The summed E-state index contributed by atoms with van der Waals surface area (Å²) in [5.41, 5.74) is 0.632. The second-order valence-corrected chi connectivity index (χ2v) is 5.15. The van der Waals surface area contributed by atoms with Gasteiger partial charge in [0, 0.05) is 16.3 Å². The van der Waals surface area contributed by atoms with Crippen LogP contribution in [0.2, 0.25) is 5.02 Å². The monoisotopic (exact) mass is 335 g/mol. The largest absolute Gasteiger partial charge is 0.508 e. The molecule has 6 nitrogen and oxygen atoms in total. The number of phenols is 1. The smallest absolute Gasteiger partial charge is 0.339 e. The summed E-state index contributed by atoms with van der Waals surface area (Å²) in [5.74, 6) is -1.41. The van der Waals surface area contributed by atoms with E-state index in [1.165, 1.54) is 43.5 Å². The van der Waals surface area contributed by atoms with E-state index in [1.54, 1.807) is 0 Å². The molecule has 0 aliphatic rings. The third-order valence-corrected chi connectivity index (χ3v) is 3.34. The lowest BCUT2D eigenvalue weighted by Gasteiger charge is -2.10. The standard InChI is InChI=1S/C16H14ClNO5/c1-23-14-5-3-11(8-12(14)16(21)22)18-15(20)7-9-6-10(17)2-4-13(9)19/h2-6,8,19H,7H2,1H3,(H,18,20)(H,21,22). The number of aromatic carboxylic acids is 1. The molecule has 0 fully saturated rings. The molecular weight excluding hydrogens is 322 g/mol. The number of ether oxygens (including phenoxy) is 1. The number of carbonyl (C=O) groups is 2. The first-order chi connectivity index (χ1) is 10.9. The fraction of sp³-hybridized carbons (Fsp3) is 0.125. The highest BCUT2D eigenvalue weighted by atomic mass is 35.5. The Balaban J connectivity index is 2.15. The third-order valence-electron chi connectivity index (χ3n) is 3.11. The van der Waals surface area contributed by atoms with Crippen molar-refractivity contribution >= 4 is 29.2 Å². The zero-order valence-corrected chi connectivity index (χ0v) is 12.9. The lowest BCUT2D eigenvalue weighted by molar-refractivity contribution is -0.115. The molecule has 120 valence electrons. The molecule has 0 heterocycles. The zero-order valence-electron chi connectivity index (χ0n) is 12.2. The van der Waals surface area contributed by atoms with E-state index in [0.29, 0.717) is 16.3 Å². The number of hydrogen-bond donors (Lipinski definition) is 3. The van der Waals surface area contributed by atoms with Gasteiger partial charge in [-0.25, -0.2) is 4.79 Å². The van der Waals surface area contributed by atoms with Crippen molar-refractivity contribution in [3.8, 4) is 11.5 Å². The van der Waals surface area contributed by atoms with Gasteiger partial charge in [0.2, 0.25) is 5.91 Å². The molecule has 0 unspecified atom stereocenters. The molecule has 0 atom stereocenters. The van der Waals surface area contributed by atoms with Gasteiger partial charge in [-0.1, -0.05) is 11.6 Å². The Labute approximate surface area is 137 Å². The Bertz CT molecular complexity index is 760. The van der Waals surface area contributed by atoms with E-state index in [9.17, 15) is 14.7 Å². The van der Waals surface area contributed by atoms with Gasteiger partial charge in [-0.15, -0.1) is 0 Å². The van der Waals surface area contributed by atoms with Gasteiger partial charge in [-0.3, -0.25) is 4.79 Å². The molecule has 0 radical (unpaired) electrons. The van der Waals surface area contributed by atoms with Crippen LogP contribution in [0, 0.1) is 0 Å². The van der Waals surface area contributed by atoms with E-state index < -0.39 is 11.9 Å². The summed E-state index contributed by atoms with van der Waals surface area (Å²) in [6.45, 7) is 0. The van der Waals surface area contributed by atoms with Crippen LogP contribution >= 0.6 is 11.6 Å². The minimum atomic E-state index is -1.16. The van der Waals surface area contributed by atoms with Crippen LogP contribution in [0.15, 0.2) is 36.4 Å². The number of carbonyl (C=O) groups excluding carboxylic acids is 1. The van der Waals surface area contributed by atoms with Crippen molar-refractivity contribution in [2.24, 2.45) is 0 Å². The van der Waals surface area contributed by atoms with Crippen LogP contribution < -0.4 is 10.1 Å². The van der Waals surface area contributed by atoms with Crippen molar-refractivity contribution in [1.82, 2.24) is 0 Å². The molecular formula is C16H14ClNO5. The third kappa shape index (κ3) is 4.14. The lowest BCUT2D eigenvalue weighted by atomic mass is 10.1. The first kappa shape index (κ1) is 16.6. The molecule has 0 aromatic heterocycles. The first-order valence-electron chi connectivity index (χ1n) is 6.59. The van der Waals surface area contributed by atoms with E-state index in [1.807, 2.05) is 0 Å². The van der Waals surface area contributed by atoms with Gasteiger partial charge in [0.1, 0.15) is 17.1 Å². The van der Waals surface area contributed by atoms with Gasteiger partial charge in [-0.05, 0) is 36.4 Å². The second kappa shape index (κ2) is 7.02. The van der Waals surface area contributed by atoms with Gasteiger partial charge in [-0.2, -0.15) is 0 Å². The molecule has 7 heteroatoms. The Kier molecular flexibility index (Phi) is 5.08. The summed E-state index contributed by atoms with van der Waals surface area (Å²) < 4.78 is 4.95. The van der Waals surface area contributed by atoms with E-state index >= 15 is 0 Å². The number of phenolic OH excluding ortho intramolecular Hbond substituents is 1. The van der Waals surface area contributed by atoms with Crippen molar-refractivity contribution in [3.05, 3.63) is 52.5 Å². The molecule has 0 saturated carbocycles. The highest BCUT2D eigenvalue weighted by Gasteiger charge is 2.14. The van der Waals surface area contributed by atoms with Crippen LogP contribution in [-0.4, -0.2) is 29.2 Å². The van der Waals surface area contributed by atoms with Gasteiger partial charge >= 0.3 is 5.97 Å². The molecule has 2 aromatic carbocycles. The molecule has 23 heavy (non-hydrogen) atoms. The number of carboxylic acid groups (broad SMARTS) is 1. The number of aromatic hydroxyl groups is 1. The number of carboxylic acids is 1. The Morgan fingerprint density at radius 3 is 2.61 bits per heavy atom. The van der Waals surface area contributed by atoms with E-state index in [-0.39, 0.29) is 23.5 Å². The van der Waals surface area contributed by atoms with E-state index in [0.717, 1.165) is 0 Å². The van der Waals surface area contributed by atoms with Crippen LogP contribution in [0.1, 0.15) is 15.9 Å². The van der Waals surface area contributed by atoms with Crippen molar-refractivity contribution in [3.63, 3.8) is 0 Å². The topological polar surface area (TPSA) is 95.9 Å². The number of halogens is 1. The van der Waals surface area contributed by atoms with Crippen LogP contribution in [0.25, 0.3) is 0 Å². The van der Waals surface area contributed by atoms with Crippen molar-refractivity contribution < 1.29 is 24.5 Å². The van der Waals surface area contributed by atoms with Crippen LogP contribution in [-0.2, 0) is 11.2 Å². The molecule has 0 bridgehead atoms.